The number of benzene rings is 2. The molecular weight excluding hydrogens is 919 g/mol. The predicted octanol–water partition coefficient (Wildman–Crippen LogP) is 10.1. The Bertz CT molecular complexity index is 2720. The van der Waals surface area contributed by atoms with Crippen molar-refractivity contribution in [2.75, 3.05) is 36.8 Å². The van der Waals surface area contributed by atoms with Gasteiger partial charge in [-0.3, -0.25) is 9.78 Å². The van der Waals surface area contributed by atoms with Crippen LogP contribution in [-0.2, 0) is 11.2 Å². The third-order valence-corrected chi connectivity index (χ3v) is 12.8. The minimum absolute atomic E-state index is 0.226. The fourth-order valence-corrected chi connectivity index (χ4v) is 8.67. The fraction of sp³-hybridized carbons (Fsp3) is 0.182. The summed E-state index contributed by atoms with van der Waals surface area (Å²) in [6.45, 7) is 2.86. The van der Waals surface area contributed by atoms with Gasteiger partial charge in [-0.1, -0.05) is 88.1 Å². The fourth-order valence-electron chi connectivity index (χ4n) is 6.34. The molecule has 8 rings (SSSR count). The number of thioether (sulfide) groups is 2. The molecule has 318 valence electrons. The van der Waals surface area contributed by atoms with Crippen molar-refractivity contribution in [1.82, 2.24) is 40.5 Å². The summed E-state index contributed by atoms with van der Waals surface area (Å²) in [6, 6.07) is 22.6. The molecule has 19 heteroatoms. The number of pyridine rings is 1. The molecule has 1 saturated heterocycles. The maximum absolute atomic E-state index is 11.7. The second-order valence-corrected chi connectivity index (χ2v) is 17.2. The Morgan fingerprint density at radius 1 is 0.746 bits per heavy atom. The number of halogens is 4. The number of aromatic nitrogens is 5. The second kappa shape index (κ2) is 22.0. The summed E-state index contributed by atoms with van der Waals surface area (Å²) in [5.41, 5.74) is 6.49. The maximum Gasteiger partial charge on any atom is 0.223 e. The van der Waals surface area contributed by atoms with Crippen LogP contribution in [0.4, 0.5) is 11.9 Å². The van der Waals surface area contributed by atoms with Gasteiger partial charge in [0.2, 0.25) is 17.8 Å². The van der Waals surface area contributed by atoms with Crippen LogP contribution in [0.3, 0.4) is 0 Å². The third kappa shape index (κ3) is 12.0. The first-order chi connectivity index (χ1) is 30.7. The molecule has 0 aliphatic carbocycles. The summed E-state index contributed by atoms with van der Waals surface area (Å²) in [5.74, 6) is 1.14. The van der Waals surface area contributed by atoms with Crippen LogP contribution in [0.15, 0.2) is 106 Å². The lowest BCUT2D eigenvalue weighted by Crippen LogP contribution is -2.27. The number of anilines is 2. The normalized spacial score (nSPS) is 15.8. The highest BCUT2D eigenvalue weighted by atomic mass is 35.5. The third-order valence-electron chi connectivity index (χ3n) is 9.53. The number of nitriles is 2. The molecule has 0 unspecified atom stereocenters. The van der Waals surface area contributed by atoms with Gasteiger partial charge in [0, 0.05) is 79.3 Å². The van der Waals surface area contributed by atoms with Crippen LogP contribution in [0, 0.1) is 22.7 Å². The van der Waals surface area contributed by atoms with E-state index >= 15 is 0 Å². The number of allylic oxidation sites excluding steroid dienone is 2. The Hall–Kier alpha value is -5.78. The Morgan fingerprint density at radius 2 is 1.32 bits per heavy atom. The van der Waals surface area contributed by atoms with Crippen molar-refractivity contribution in [3.8, 4) is 12.1 Å². The van der Waals surface area contributed by atoms with Gasteiger partial charge in [0.25, 0.3) is 0 Å². The molecular formula is C44H36Cl4N12OS2. The lowest BCUT2D eigenvalue weighted by molar-refractivity contribution is -0.127. The first kappa shape index (κ1) is 45.3. The SMILES string of the molecule is N#CC(=C1NC(c2ccc(Cl)c(Cl)c2)=CS1)c1ccnc(NCCCN2CCCC2=O)n1.N#CC(=C1NC(c2ccc(Cl)c(Cl)c2)=CS1)c1ccnc(NCCc2cccnc2)n1. The molecule has 1 amide bonds. The number of carbonyl (C=O) groups is 1. The number of rotatable bonds is 13. The van der Waals surface area contributed by atoms with Crippen LogP contribution in [0.5, 0.6) is 0 Å². The van der Waals surface area contributed by atoms with Gasteiger partial charge in [-0.15, -0.1) is 0 Å². The van der Waals surface area contributed by atoms with Crippen LogP contribution < -0.4 is 21.3 Å². The molecule has 6 heterocycles. The van der Waals surface area contributed by atoms with E-state index in [-0.39, 0.29) is 5.91 Å². The molecule has 0 radical (unpaired) electrons. The van der Waals surface area contributed by atoms with E-state index in [9.17, 15) is 15.3 Å². The monoisotopic (exact) mass is 952 g/mol. The lowest BCUT2D eigenvalue weighted by Gasteiger charge is -2.15. The zero-order valence-corrected chi connectivity index (χ0v) is 37.9. The molecule has 0 bridgehead atoms. The molecule has 3 aromatic heterocycles. The molecule has 0 saturated carbocycles. The van der Waals surface area contributed by atoms with Gasteiger partial charge in [0.05, 0.1) is 52.9 Å². The molecule has 3 aliphatic rings. The summed E-state index contributed by atoms with van der Waals surface area (Å²) in [5, 5.41) is 39.7. The summed E-state index contributed by atoms with van der Waals surface area (Å²) < 4.78 is 0. The van der Waals surface area contributed by atoms with Crippen molar-refractivity contribution in [2.45, 2.75) is 25.7 Å². The smallest absolute Gasteiger partial charge is 0.223 e. The summed E-state index contributed by atoms with van der Waals surface area (Å²) >= 11 is 27.1. The van der Waals surface area contributed by atoms with Gasteiger partial charge in [-0.05, 0) is 67.3 Å². The zero-order valence-electron chi connectivity index (χ0n) is 33.2. The molecule has 63 heavy (non-hydrogen) atoms. The maximum atomic E-state index is 11.7. The highest BCUT2D eigenvalue weighted by molar-refractivity contribution is 8.06. The largest absolute Gasteiger partial charge is 0.354 e. The number of nitrogens with one attached hydrogen (secondary N) is 4. The predicted molar refractivity (Wildman–Crippen MR) is 255 cm³/mol. The minimum Gasteiger partial charge on any atom is -0.354 e. The van der Waals surface area contributed by atoms with Crippen molar-refractivity contribution in [3.05, 3.63) is 154 Å². The second-order valence-electron chi connectivity index (χ2n) is 13.8. The highest BCUT2D eigenvalue weighted by Gasteiger charge is 2.22. The van der Waals surface area contributed by atoms with Crippen LogP contribution >= 0.6 is 69.9 Å². The first-order valence-corrected chi connectivity index (χ1v) is 22.7. The number of hydrogen-bond donors (Lipinski definition) is 4. The Kier molecular flexibility index (Phi) is 15.8. The van der Waals surface area contributed by atoms with E-state index in [0.29, 0.717) is 84.1 Å². The molecule has 3 aliphatic heterocycles. The van der Waals surface area contributed by atoms with E-state index in [2.05, 4.69) is 58.3 Å². The van der Waals surface area contributed by atoms with E-state index < -0.39 is 0 Å². The molecule has 4 N–H and O–H groups in total. The van der Waals surface area contributed by atoms with Crippen molar-refractivity contribution >= 4 is 110 Å². The van der Waals surface area contributed by atoms with Crippen LogP contribution in [0.2, 0.25) is 20.1 Å². The van der Waals surface area contributed by atoms with E-state index in [4.69, 9.17) is 46.4 Å². The Morgan fingerprint density at radius 3 is 1.81 bits per heavy atom. The van der Waals surface area contributed by atoms with Crippen molar-refractivity contribution in [1.29, 1.82) is 10.5 Å². The van der Waals surface area contributed by atoms with Gasteiger partial charge >= 0.3 is 0 Å². The number of hydrogen-bond acceptors (Lipinski definition) is 14. The van der Waals surface area contributed by atoms with Crippen molar-refractivity contribution in [2.24, 2.45) is 0 Å². The number of nitrogens with zero attached hydrogens (tertiary/aromatic N) is 8. The standard InChI is InChI=1S/C22H20Cl2N6OS.C22H16Cl2N6S/c23-16-5-4-14(11-17(16)24)19-13-32-21(28-19)15(12-25)18-6-8-27-22(29-18)26-7-2-10-30-9-1-3-20(30)31;23-17-4-3-15(10-18(17)24)20-13-31-21(29-20)16(11-25)19-6-9-28-22(30-19)27-8-5-14-2-1-7-26-12-14/h4-6,8,11,13,28H,1-3,7,9-10H2,(H,26,27,29);1-4,6-7,9-10,12-13,29H,5,8H2,(H,27,28,30). The Labute approximate surface area is 392 Å². The van der Waals surface area contributed by atoms with Crippen LogP contribution in [0.25, 0.3) is 22.5 Å². The molecule has 0 atom stereocenters. The average Bonchev–Trinajstić information content (AvgIpc) is 4.09. The van der Waals surface area contributed by atoms with Gasteiger partial charge in [0.15, 0.2) is 0 Å². The van der Waals surface area contributed by atoms with Crippen LogP contribution in [0.1, 0.15) is 47.3 Å². The topological polar surface area (TPSA) is 180 Å². The van der Waals surface area contributed by atoms with Crippen molar-refractivity contribution in [3.63, 3.8) is 0 Å². The molecule has 0 spiro atoms. The molecule has 5 aromatic rings. The van der Waals surface area contributed by atoms with E-state index in [1.54, 1.807) is 55.0 Å². The Balaban J connectivity index is 0.000000189. The highest BCUT2D eigenvalue weighted by Crippen LogP contribution is 2.38. The van der Waals surface area contributed by atoms with Crippen molar-refractivity contribution < 1.29 is 4.79 Å². The summed E-state index contributed by atoms with van der Waals surface area (Å²) in [4.78, 5) is 35.2. The van der Waals surface area contributed by atoms with Gasteiger partial charge in [-0.2, -0.15) is 10.5 Å². The quantitative estimate of drug-likeness (QED) is 0.0647. The van der Waals surface area contributed by atoms with Gasteiger partial charge < -0.3 is 26.2 Å². The number of likely N-dealkylation sites (tertiary alicyclic amines) is 1. The lowest BCUT2D eigenvalue weighted by atomic mass is 10.1. The van der Waals surface area contributed by atoms with E-state index in [1.807, 2.05) is 46.2 Å². The van der Waals surface area contributed by atoms with E-state index in [0.717, 1.165) is 60.4 Å². The summed E-state index contributed by atoms with van der Waals surface area (Å²) in [7, 11) is 0. The number of amides is 1. The zero-order chi connectivity index (χ0) is 44.1. The van der Waals surface area contributed by atoms with Gasteiger partial charge in [-0.25, -0.2) is 19.9 Å². The van der Waals surface area contributed by atoms with E-state index in [1.165, 1.54) is 23.5 Å². The van der Waals surface area contributed by atoms with Gasteiger partial charge in [0.1, 0.15) is 23.3 Å². The molecule has 2 aromatic carbocycles. The minimum atomic E-state index is 0.226. The molecule has 1 fully saturated rings. The number of carbonyl (C=O) groups excluding carboxylic acids is 1. The first-order valence-electron chi connectivity index (χ1n) is 19.5. The summed E-state index contributed by atoms with van der Waals surface area (Å²) in [6.07, 6.45) is 10.0. The van der Waals surface area contributed by atoms with Crippen LogP contribution in [-0.4, -0.2) is 61.9 Å². The molecule has 13 nitrogen and oxygen atoms in total. The average molecular weight is 955 g/mol.